The van der Waals surface area contributed by atoms with Crippen LogP contribution in [0, 0.1) is 0 Å². The van der Waals surface area contributed by atoms with Crippen molar-refractivity contribution in [3.63, 3.8) is 0 Å². The van der Waals surface area contributed by atoms with Gasteiger partial charge in [-0.25, -0.2) is 9.97 Å². The Kier molecular flexibility index (Phi) is 4.27. The molecule has 0 aliphatic carbocycles. The molecule has 3 heterocycles. The van der Waals surface area contributed by atoms with Crippen LogP contribution in [0.2, 0.25) is 5.15 Å². The van der Waals surface area contributed by atoms with Crippen molar-refractivity contribution in [1.82, 2.24) is 19.3 Å². The van der Waals surface area contributed by atoms with Gasteiger partial charge in [-0.05, 0) is 28.8 Å². The van der Waals surface area contributed by atoms with Crippen LogP contribution in [-0.4, -0.2) is 38.3 Å². The second kappa shape index (κ2) is 6.04. The lowest BCUT2D eigenvalue weighted by Gasteiger charge is -2.32. The summed E-state index contributed by atoms with van der Waals surface area (Å²) >= 11 is 9.73. The third-order valence-electron chi connectivity index (χ3n) is 4.07. The number of piperidine rings is 1. The fraction of sp³-hybridized carbons (Fsp3) is 0.500. The first-order valence-corrected chi connectivity index (χ1v) is 8.45. The van der Waals surface area contributed by atoms with Gasteiger partial charge in [0.1, 0.15) is 21.1 Å². The van der Waals surface area contributed by atoms with E-state index in [1.807, 2.05) is 16.2 Å². The molecule has 1 aliphatic rings. The van der Waals surface area contributed by atoms with E-state index in [4.69, 9.17) is 17.3 Å². The van der Waals surface area contributed by atoms with Crippen molar-refractivity contribution in [2.24, 2.45) is 0 Å². The van der Waals surface area contributed by atoms with Crippen molar-refractivity contribution in [3.05, 3.63) is 21.8 Å². The van der Waals surface area contributed by atoms with Crippen molar-refractivity contribution in [2.45, 2.75) is 32.1 Å². The van der Waals surface area contributed by atoms with Gasteiger partial charge in [0.25, 0.3) is 0 Å². The molecule has 1 saturated heterocycles. The number of halogens is 2. The molecule has 0 radical (unpaired) electrons. The maximum absolute atomic E-state index is 12.0. The Morgan fingerprint density at radius 2 is 2.36 bits per heavy atom. The van der Waals surface area contributed by atoms with Crippen molar-refractivity contribution < 1.29 is 4.79 Å². The largest absolute Gasteiger partial charge is 0.382 e. The molecule has 0 spiro atoms. The molecule has 0 saturated carbocycles. The van der Waals surface area contributed by atoms with Gasteiger partial charge in [-0.2, -0.15) is 0 Å². The second-order valence-corrected chi connectivity index (χ2v) is 6.58. The summed E-state index contributed by atoms with van der Waals surface area (Å²) in [5.74, 6) is 1.53. The Bertz CT molecular complexity index is 732. The predicted octanol–water partition coefficient (Wildman–Crippen LogP) is 2.84. The van der Waals surface area contributed by atoms with Crippen molar-refractivity contribution in [3.8, 4) is 0 Å². The van der Waals surface area contributed by atoms with Crippen LogP contribution in [0.4, 0.5) is 5.82 Å². The van der Waals surface area contributed by atoms with Crippen LogP contribution in [0.3, 0.4) is 0 Å². The summed E-state index contributed by atoms with van der Waals surface area (Å²) in [5.41, 5.74) is 6.62. The molecular formula is C14H17BrClN5O. The molecule has 1 fully saturated rings. The average Bonchev–Trinajstić information content (AvgIpc) is 2.89. The molecule has 8 heteroatoms. The fourth-order valence-electron chi connectivity index (χ4n) is 3.00. The van der Waals surface area contributed by atoms with E-state index in [1.165, 1.54) is 6.20 Å². The normalized spacial score (nSPS) is 18.9. The van der Waals surface area contributed by atoms with Gasteiger partial charge in [0.2, 0.25) is 5.91 Å². The zero-order valence-corrected chi connectivity index (χ0v) is 14.6. The summed E-state index contributed by atoms with van der Waals surface area (Å²) in [7, 11) is 0. The van der Waals surface area contributed by atoms with E-state index >= 15 is 0 Å². The molecule has 2 N–H and O–H groups in total. The maximum atomic E-state index is 12.0. The third kappa shape index (κ3) is 2.56. The summed E-state index contributed by atoms with van der Waals surface area (Å²) in [5, 5.41) is 0.469. The van der Waals surface area contributed by atoms with E-state index in [0.717, 1.165) is 25.2 Å². The van der Waals surface area contributed by atoms with Crippen LogP contribution in [0.15, 0.2) is 10.8 Å². The zero-order valence-electron chi connectivity index (χ0n) is 12.2. The molecule has 118 valence electrons. The highest BCUT2D eigenvalue weighted by Gasteiger charge is 2.28. The van der Waals surface area contributed by atoms with Crippen molar-refractivity contribution in [1.29, 1.82) is 0 Å². The number of fused-ring (bicyclic) bond motifs is 1. The second-order valence-electron chi connectivity index (χ2n) is 5.44. The van der Waals surface area contributed by atoms with Crippen molar-refractivity contribution >= 4 is 44.8 Å². The summed E-state index contributed by atoms with van der Waals surface area (Å²) in [6.07, 6.45) is 3.98. The summed E-state index contributed by atoms with van der Waals surface area (Å²) in [6, 6.07) is 0. The van der Waals surface area contributed by atoms with Gasteiger partial charge in [-0.1, -0.05) is 18.5 Å². The number of nitrogen functional groups attached to an aromatic ring is 1. The lowest BCUT2D eigenvalue weighted by molar-refractivity contribution is -0.132. The Hall–Kier alpha value is -1.34. The van der Waals surface area contributed by atoms with Crippen LogP contribution < -0.4 is 5.73 Å². The Balaban J connectivity index is 2.03. The van der Waals surface area contributed by atoms with Crippen LogP contribution >= 0.6 is 27.5 Å². The zero-order chi connectivity index (χ0) is 15.9. The molecule has 3 rings (SSSR count). The van der Waals surface area contributed by atoms with Crippen molar-refractivity contribution in [2.75, 3.05) is 18.8 Å². The number of likely N-dealkylation sites (tertiary alicyclic amines) is 1. The molecule has 2 aromatic heterocycles. The Morgan fingerprint density at radius 1 is 1.59 bits per heavy atom. The van der Waals surface area contributed by atoms with E-state index in [-0.39, 0.29) is 11.8 Å². The summed E-state index contributed by atoms with van der Waals surface area (Å²) in [4.78, 5) is 22.5. The van der Waals surface area contributed by atoms with Gasteiger partial charge in [-0.15, -0.1) is 0 Å². The van der Waals surface area contributed by atoms with Gasteiger partial charge < -0.3 is 10.6 Å². The molecule has 1 amide bonds. The van der Waals surface area contributed by atoms with Crippen LogP contribution in [0.5, 0.6) is 0 Å². The number of imidazole rings is 1. The number of rotatable bonds is 2. The van der Waals surface area contributed by atoms with Gasteiger partial charge in [-0.3, -0.25) is 9.20 Å². The van der Waals surface area contributed by atoms with Crippen LogP contribution in [0.1, 0.15) is 37.9 Å². The fourth-order valence-corrected chi connectivity index (χ4v) is 3.78. The number of nitrogens with zero attached hydrogens (tertiary/aromatic N) is 4. The monoisotopic (exact) mass is 385 g/mol. The first-order chi connectivity index (χ1) is 10.5. The predicted molar refractivity (Wildman–Crippen MR) is 89.0 cm³/mol. The number of carbonyl (C=O) groups is 1. The van der Waals surface area contributed by atoms with Gasteiger partial charge in [0.05, 0.1) is 6.20 Å². The van der Waals surface area contributed by atoms with Crippen LogP contribution in [-0.2, 0) is 4.79 Å². The Labute approximate surface area is 141 Å². The van der Waals surface area contributed by atoms with E-state index in [0.29, 0.717) is 34.1 Å². The number of hydrogen-bond acceptors (Lipinski definition) is 4. The number of hydrogen-bond donors (Lipinski definition) is 1. The minimum absolute atomic E-state index is 0.141. The minimum Gasteiger partial charge on any atom is -0.382 e. The number of carbonyl (C=O) groups excluding carboxylic acids is 1. The number of aromatic nitrogens is 3. The molecule has 1 aliphatic heterocycles. The number of anilines is 1. The third-order valence-corrected chi connectivity index (χ3v) is 4.89. The standard InChI is InChI=1S/C14H17BrClN5O/c1-2-10(22)20-5-3-4-8(7-20)14-19-12(15)11-13(17)18-6-9(16)21(11)14/h6,8H,2-5,7H2,1H3,(H2,17,18)/t8-/m1/s1. The first-order valence-electron chi connectivity index (χ1n) is 7.28. The van der Waals surface area contributed by atoms with Gasteiger partial charge >= 0.3 is 0 Å². The number of amides is 1. The van der Waals surface area contributed by atoms with Gasteiger partial charge in [0, 0.05) is 25.4 Å². The molecule has 0 bridgehead atoms. The highest BCUT2D eigenvalue weighted by molar-refractivity contribution is 9.10. The molecule has 22 heavy (non-hydrogen) atoms. The number of nitrogens with two attached hydrogens (primary N) is 1. The molecule has 0 unspecified atom stereocenters. The van der Waals surface area contributed by atoms with E-state index < -0.39 is 0 Å². The van der Waals surface area contributed by atoms with E-state index in [9.17, 15) is 4.79 Å². The SMILES string of the molecule is CCC(=O)N1CCC[C@@H](c2nc(Br)c3c(N)ncc(Cl)n23)C1. The molecular weight excluding hydrogens is 370 g/mol. The highest BCUT2D eigenvalue weighted by Crippen LogP contribution is 2.33. The quantitative estimate of drug-likeness (QED) is 0.861. The van der Waals surface area contributed by atoms with E-state index in [2.05, 4.69) is 25.9 Å². The lowest BCUT2D eigenvalue weighted by atomic mass is 9.97. The average molecular weight is 387 g/mol. The smallest absolute Gasteiger partial charge is 0.222 e. The highest BCUT2D eigenvalue weighted by atomic mass is 79.9. The molecule has 1 atom stereocenters. The van der Waals surface area contributed by atoms with E-state index in [1.54, 1.807) is 0 Å². The first kappa shape index (κ1) is 15.6. The maximum Gasteiger partial charge on any atom is 0.222 e. The lowest BCUT2D eigenvalue weighted by Crippen LogP contribution is -2.39. The molecule has 0 aromatic carbocycles. The summed E-state index contributed by atoms with van der Waals surface area (Å²) in [6.45, 7) is 3.36. The topological polar surface area (TPSA) is 76.5 Å². The minimum atomic E-state index is 0.141. The van der Waals surface area contributed by atoms with Gasteiger partial charge in [0.15, 0.2) is 5.82 Å². The Morgan fingerprint density at radius 3 is 3.09 bits per heavy atom. The molecule has 2 aromatic rings. The van der Waals surface area contributed by atoms with Crippen LogP contribution in [0.25, 0.3) is 5.52 Å². The molecule has 6 nitrogen and oxygen atoms in total. The summed E-state index contributed by atoms with van der Waals surface area (Å²) < 4.78 is 2.47.